The van der Waals surface area contributed by atoms with E-state index in [1.807, 2.05) is 0 Å². The van der Waals surface area contributed by atoms with E-state index in [9.17, 15) is 18.0 Å². The molecule has 0 fully saturated rings. The van der Waals surface area contributed by atoms with E-state index in [0.29, 0.717) is 0 Å². The highest BCUT2D eigenvalue weighted by molar-refractivity contribution is 14.1. The number of nitrogens with zero attached hydrogens (tertiary/aromatic N) is 1. The first-order chi connectivity index (χ1) is 8.28. The number of carbonyl (C=O) groups excluding carboxylic acids is 1. The Labute approximate surface area is 122 Å². The van der Waals surface area contributed by atoms with Crippen LogP contribution in [0.1, 0.15) is 16.1 Å². The number of carbonyl (C=O) groups is 1. The molecular weight excluding hydrogens is 434 g/mol. The van der Waals surface area contributed by atoms with Crippen molar-refractivity contribution < 1.29 is 27.4 Å². The van der Waals surface area contributed by atoms with Crippen LogP contribution >= 0.6 is 38.5 Å². The lowest BCUT2D eigenvalue weighted by Gasteiger charge is -2.14. The molecular formula is C9H6BrF3INO3. The number of hydrogen-bond acceptors (Lipinski definition) is 4. The number of alkyl halides is 4. The van der Waals surface area contributed by atoms with E-state index in [-0.39, 0.29) is 20.3 Å². The molecule has 1 heterocycles. The number of pyridine rings is 1. The van der Waals surface area contributed by atoms with Crippen molar-refractivity contribution in [1.82, 2.24) is 4.98 Å². The molecule has 0 saturated carbocycles. The fraction of sp³-hybridized carbons (Fsp3) is 0.333. The van der Waals surface area contributed by atoms with Crippen molar-refractivity contribution in [2.45, 2.75) is 11.7 Å². The van der Waals surface area contributed by atoms with Crippen LogP contribution in [0.15, 0.2) is 6.07 Å². The van der Waals surface area contributed by atoms with Gasteiger partial charge in [-0.2, -0.15) is 0 Å². The summed E-state index contributed by atoms with van der Waals surface area (Å²) in [4.78, 5) is 15.0. The third-order valence-corrected chi connectivity index (χ3v) is 3.10. The topological polar surface area (TPSA) is 48.4 Å². The Morgan fingerprint density at radius 2 is 2.17 bits per heavy atom. The Morgan fingerprint density at radius 3 is 2.61 bits per heavy atom. The van der Waals surface area contributed by atoms with Crippen LogP contribution in [-0.2, 0) is 10.1 Å². The van der Waals surface area contributed by atoms with Gasteiger partial charge in [0.05, 0.1) is 7.11 Å². The molecule has 18 heavy (non-hydrogen) atoms. The molecule has 0 aromatic carbocycles. The maximum atomic E-state index is 12.2. The van der Waals surface area contributed by atoms with Crippen molar-refractivity contribution >= 4 is 44.5 Å². The lowest BCUT2D eigenvalue weighted by atomic mass is 10.2. The minimum atomic E-state index is -4.81. The van der Waals surface area contributed by atoms with Gasteiger partial charge in [0.25, 0.3) is 0 Å². The van der Waals surface area contributed by atoms with E-state index in [2.05, 4.69) is 30.4 Å². The zero-order valence-corrected chi connectivity index (χ0v) is 12.6. The summed E-state index contributed by atoms with van der Waals surface area (Å²) in [5.41, 5.74) is 0.0815. The summed E-state index contributed by atoms with van der Waals surface area (Å²) in [5, 5.41) is 0.0843. The number of hydrogen-bond donors (Lipinski definition) is 0. The minimum Gasteiger partial charge on any atom is -0.464 e. The number of rotatable bonds is 3. The molecule has 0 aliphatic rings. The molecule has 100 valence electrons. The molecule has 0 N–H and O–H groups in total. The third kappa shape index (κ3) is 3.97. The van der Waals surface area contributed by atoms with Gasteiger partial charge in [-0.1, -0.05) is 15.9 Å². The number of halogens is 5. The Morgan fingerprint density at radius 1 is 1.56 bits per heavy atom. The van der Waals surface area contributed by atoms with E-state index in [0.717, 1.165) is 7.11 Å². The summed E-state index contributed by atoms with van der Waals surface area (Å²) in [6.07, 6.45) is -4.81. The maximum absolute atomic E-state index is 12.2. The second-order valence-electron chi connectivity index (χ2n) is 2.96. The van der Waals surface area contributed by atoms with E-state index >= 15 is 0 Å². The quantitative estimate of drug-likeness (QED) is 0.314. The highest BCUT2D eigenvalue weighted by Crippen LogP contribution is 2.32. The summed E-state index contributed by atoms with van der Waals surface area (Å²) in [7, 11) is 1.16. The molecule has 1 aromatic heterocycles. The van der Waals surface area contributed by atoms with Crippen molar-refractivity contribution in [3.63, 3.8) is 0 Å². The lowest BCUT2D eigenvalue weighted by Crippen LogP contribution is -2.20. The molecule has 0 amide bonds. The normalized spacial score (nSPS) is 11.2. The van der Waals surface area contributed by atoms with E-state index < -0.39 is 18.1 Å². The molecule has 1 rings (SSSR count). The maximum Gasteiger partial charge on any atom is 0.573 e. The van der Waals surface area contributed by atoms with Crippen LogP contribution in [0.3, 0.4) is 0 Å². The van der Waals surface area contributed by atoms with Crippen LogP contribution in [-0.4, -0.2) is 24.4 Å². The third-order valence-electron chi connectivity index (χ3n) is 1.76. The smallest absolute Gasteiger partial charge is 0.464 e. The van der Waals surface area contributed by atoms with Gasteiger partial charge >= 0.3 is 12.3 Å². The highest BCUT2D eigenvalue weighted by Gasteiger charge is 2.33. The van der Waals surface area contributed by atoms with Gasteiger partial charge in [0.1, 0.15) is 9.39 Å². The van der Waals surface area contributed by atoms with Crippen molar-refractivity contribution in [3.8, 4) is 5.75 Å². The average Bonchev–Trinajstić information content (AvgIpc) is 2.28. The molecule has 9 heteroatoms. The van der Waals surface area contributed by atoms with E-state index in [1.54, 1.807) is 22.6 Å². The number of ether oxygens (including phenoxy) is 2. The fourth-order valence-electron chi connectivity index (χ4n) is 1.08. The van der Waals surface area contributed by atoms with Gasteiger partial charge in [0.15, 0.2) is 5.75 Å². The van der Waals surface area contributed by atoms with Gasteiger partial charge in [-0.25, -0.2) is 9.78 Å². The van der Waals surface area contributed by atoms with Gasteiger partial charge in [-0.05, 0) is 28.7 Å². The van der Waals surface area contributed by atoms with E-state index in [1.165, 1.54) is 6.07 Å². The summed E-state index contributed by atoms with van der Waals surface area (Å²) in [6.45, 7) is 0. The van der Waals surface area contributed by atoms with Gasteiger partial charge in [0, 0.05) is 10.9 Å². The second kappa shape index (κ2) is 6.04. The Kier molecular flexibility index (Phi) is 5.20. The van der Waals surface area contributed by atoms with Crippen molar-refractivity contribution in [2.75, 3.05) is 7.11 Å². The van der Waals surface area contributed by atoms with Crippen LogP contribution in [0.5, 0.6) is 5.75 Å². The zero-order valence-electron chi connectivity index (χ0n) is 8.85. The van der Waals surface area contributed by atoms with Crippen molar-refractivity contribution in [3.05, 3.63) is 21.0 Å². The first-order valence-electron chi connectivity index (χ1n) is 4.38. The van der Waals surface area contributed by atoms with Gasteiger partial charge in [-0.15, -0.1) is 13.2 Å². The predicted octanol–water partition coefficient (Wildman–Crippen LogP) is 3.27. The first-order valence-corrected chi connectivity index (χ1v) is 6.58. The molecule has 0 bridgehead atoms. The minimum absolute atomic E-state index is 0.0673. The molecule has 0 saturated heterocycles. The fourth-order valence-corrected chi connectivity index (χ4v) is 2.22. The van der Waals surface area contributed by atoms with Crippen molar-refractivity contribution in [1.29, 1.82) is 0 Å². The molecule has 0 atom stereocenters. The molecule has 0 aliphatic carbocycles. The standard InChI is InChI=1S/C9H6BrF3INO3/c1-17-8(16)5-2-4(3-10)6(7(14)15-5)18-9(11,12)13/h2H,3H2,1H3. The summed E-state index contributed by atoms with van der Waals surface area (Å²) in [6, 6.07) is 1.18. The summed E-state index contributed by atoms with van der Waals surface area (Å²) >= 11 is 4.58. The predicted molar refractivity (Wildman–Crippen MR) is 67.6 cm³/mol. The number of methoxy groups -OCH3 is 1. The summed E-state index contributed by atoms with van der Waals surface area (Å²) in [5.74, 6) is -1.15. The number of esters is 1. The monoisotopic (exact) mass is 439 g/mol. The Hall–Kier alpha value is -0.580. The molecule has 1 aromatic rings. The SMILES string of the molecule is COC(=O)c1cc(CBr)c(OC(F)(F)F)c(I)n1. The molecule has 0 aliphatic heterocycles. The van der Waals surface area contributed by atoms with Crippen LogP contribution in [0.25, 0.3) is 0 Å². The molecule has 0 spiro atoms. The van der Waals surface area contributed by atoms with E-state index in [4.69, 9.17) is 0 Å². The largest absolute Gasteiger partial charge is 0.573 e. The first kappa shape index (κ1) is 15.5. The van der Waals surface area contributed by atoms with Crippen LogP contribution in [0, 0.1) is 3.70 Å². The van der Waals surface area contributed by atoms with Crippen LogP contribution in [0.2, 0.25) is 0 Å². The zero-order chi connectivity index (χ0) is 13.9. The average molecular weight is 440 g/mol. The Balaban J connectivity index is 3.24. The van der Waals surface area contributed by atoms with Gasteiger partial charge in [-0.3, -0.25) is 0 Å². The van der Waals surface area contributed by atoms with Crippen molar-refractivity contribution in [2.24, 2.45) is 0 Å². The molecule has 4 nitrogen and oxygen atoms in total. The van der Waals surface area contributed by atoms with Crippen LogP contribution in [0.4, 0.5) is 13.2 Å². The van der Waals surface area contributed by atoms with Gasteiger partial charge < -0.3 is 9.47 Å². The highest BCUT2D eigenvalue weighted by atomic mass is 127. The molecule has 0 radical (unpaired) electrons. The van der Waals surface area contributed by atoms with Gasteiger partial charge in [0.2, 0.25) is 0 Å². The second-order valence-corrected chi connectivity index (χ2v) is 4.54. The summed E-state index contributed by atoms with van der Waals surface area (Å²) < 4.78 is 44.9. The Bertz CT molecular complexity index is 467. The number of aromatic nitrogens is 1. The molecule has 0 unspecified atom stereocenters. The van der Waals surface area contributed by atoms with Crippen LogP contribution < -0.4 is 4.74 Å². The lowest BCUT2D eigenvalue weighted by molar-refractivity contribution is -0.275.